The van der Waals surface area contributed by atoms with E-state index in [1.165, 1.54) is 11.1 Å². The van der Waals surface area contributed by atoms with Gasteiger partial charge in [0.15, 0.2) is 10.2 Å². The first-order valence-electron chi connectivity index (χ1n) is 11.3. The van der Waals surface area contributed by atoms with Crippen LogP contribution in [0.2, 0.25) is 0 Å². The largest absolute Gasteiger partial charge is 0.439 e. The number of anilines is 1. The third-order valence-corrected chi connectivity index (χ3v) is 6.86. The van der Waals surface area contributed by atoms with Crippen LogP contribution in [0.15, 0.2) is 18.5 Å². The maximum atomic E-state index is 12.9. The summed E-state index contributed by atoms with van der Waals surface area (Å²) in [5.74, 6) is -0.0759. The minimum absolute atomic E-state index is 0.0759. The van der Waals surface area contributed by atoms with Gasteiger partial charge in [-0.15, -0.1) is 0 Å². The summed E-state index contributed by atoms with van der Waals surface area (Å²) in [7, 11) is 0. The Bertz CT molecular complexity index is 949. The van der Waals surface area contributed by atoms with Crippen LogP contribution in [0.3, 0.4) is 0 Å². The van der Waals surface area contributed by atoms with Crippen molar-refractivity contribution in [1.29, 1.82) is 10.8 Å². The number of amidine groups is 1. The molecule has 1 aromatic heterocycles. The van der Waals surface area contributed by atoms with Crippen LogP contribution in [0.25, 0.3) is 0 Å². The Balaban J connectivity index is 1.41. The van der Waals surface area contributed by atoms with Crippen molar-refractivity contribution >= 4 is 33.6 Å². The summed E-state index contributed by atoms with van der Waals surface area (Å²) in [4.78, 5) is 21.6. The molecule has 3 heterocycles. The number of nitrogens with one attached hydrogen (secondary N) is 3. The zero-order valence-electron chi connectivity index (χ0n) is 19.3. The fraction of sp³-hybridized carbons (Fsp3) is 0.619. The van der Waals surface area contributed by atoms with Gasteiger partial charge in [-0.1, -0.05) is 0 Å². The van der Waals surface area contributed by atoms with Crippen molar-refractivity contribution in [2.75, 3.05) is 51.1 Å². The van der Waals surface area contributed by atoms with Gasteiger partial charge in [0.05, 0.1) is 11.3 Å². The summed E-state index contributed by atoms with van der Waals surface area (Å²) in [6, 6.07) is 0.799. The Hall–Kier alpha value is -2.55. The molecular weight excluding hydrogens is 512 g/mol. The molecule has 1 unspecified atom stereocenters. The van der Waals surface area contributed by atoms with Gasteiger partial charge >= 0.3 is 12.4 Å². The summed E-state index contributed by atoms with van der Waals surface area (Å²) < 4.78 is 76.3. The number of carbonyl (C=O) groups is 1. The van der Waals surface area contributed by atoms with Crippen LogP contribution in [-0.2, 0) is 11.0 Å². The maximum Gasteiger partial charge on any atom is 0.439 e. The third-order valence-electron chi connectivity index (χ3n) is 5.97. The van der Waals surface area contributed by atoms with Gasteiger partial charge in [-0.2, -0.15) is 26.3 Å². The average molecular weight is 540 g/mol. The first kappa shape index (κ1) is 28.0. The minimum Gasteiger partial charge on any atom is -0.379 e. The fourth-order valence-electron chi connectivity index (χ4n) is 4.04. The number of rotatable bonds is 5. The van der Waals surface area contributed by atoms with Crippen LogP contribution in [0, 0.1) is 10.8 Å². The lowest BCUT2D eigenvalue weighted by atomic mass is 10.0. The number of pyridine rings is 1. The highest BCUT2D eigenvalue weighted by Gasteiger charge is 2.37. The second-order valence-corrected chi connectivity index (χ2v) is 9.60. The Morgan fingerprint density at radius 2 is 1.75 bits per heavy atom. The number of likely N-dealkylation sites (tertiary alicyclic amines) is 1. The van der Waals surface area contributed by atoms with E-state index in [4.69, 9.17) is 10.8 Å². The van der Waals surface area contributed by atoms with Crippen molar-refractivity contribution < 1.29 is 31.1 Å². The molecule has 2 fully saturated rings. The van der Waals surface area contributed by atoms with E-state index >= 15 is 0 Å². The standard InChI is InChI=1S/C21H27F6N7OS/c22-20(23,24)14-10-16(12-30-11-14)31-15-2-1-4-34(13-15)17(35)3-5-32-6-8-33(9-7-32)19(29)36-18(28)21(25,26)27/h10-12,15,28-29,31H,1-9,13H2. The van der Waals surface area contributed by atoms with Crippen molar-refractivity contribution in [3.63, 3.8) is 0 Å². The molecule has 3 rings (SSSR count). The zero-order chi connectivity index (χ0) is 26.5. The Kier molecular flexibility index (Phi) is 9.08. The monoisotopic (exact) mass is 539 g/mol. The lowest BCUT2D eigenvalue weighted by Crippen LogP contribution is -2.49. The molecule has 0 spiro atoms. The Labute approximate surface area is 208 Å². The van der Waals surface area contributed by atoms with Gasteiger partial charge in [0.25, 0.3) is 0 Å². The molecule has 0 radical (unpaired) electrons. The molecule has 0 aromatic carbocycles. The number of piperazine rings is 1. The third kappa shape index (κ3) is 7.98. The summed E-state index contributed by atoms with van der Waals surface area (Å²) in [6.45, 7) is 2.98. The number of amides is 1. The molecule has 2 aliphatic heterocycles. The van der Waals surface area contributed by atoms with Crippen molar-refractivity contribution in [3.05, 3.63) is 24.0 Å². The SMILES string of the molecule is N=C(SC(=N)C(F)(F)F)N1CCN(CCC(=O)N2CCCC(Nc3cncc(C(F)(F)F)c3)C2)CC1. The lowest BCUT2D eigenvalue weighted by Gasteiger charge is -2.37. The molecular formula is C21H27F6N7OS. The van der Waals surface area contributed by atoms with E-state index in [-0.39, 0.29) is 41.0 Å². The molecule has 1 atom stereocenters. The van der Waals surface area contributed by atoms with E-state index in [0.29, 0.717) is 58.7 Å². The minimum atomic E-state index is -4.77. The number of aromatic nitrogens is 1. The zero-order valence-corrected chi connectivity index (χ0v) is 20.1. The van der Waals surface area contributed by atoms with Gasteiger partial charge in [0.2, 0.25) is 5.91 Å². The maximum absolute atomic E-state index is 12.9. The highest BCUT2D eigenvalue weighted by molar-refractivity contribution is 8.26. The highest BCUT2D eigenvalue weighted by Crippen LogP contribution is 2.30. The van der Waals surface area contributed by atoms with E-state index in [9.17, 15) is 31.1 Å². The molecule has 8 nitrogen and oxygen atoms in total. The van der Waals surface area contributed by atoms with Crippen molar-refractivity contribution in [1.82, 2.24) is 19.7 Å². The quantitative estimate of drug-likeness (QED) is 0.300. The predicted molar refractivity (Wildman–Crippen MR) is 124 cm³/mol. The van der Waals surface area contributed by atoms with Crippen LogP contribution in [0.4, 0.5) is 32.0 Å². The number of piperidine rings is 1. The molecule has 36 heavy (non-hydrogen) atoms. The van der Waals surface area contributed by atoms with Crippen LogP contribution in [0.5, 0.6) is 0 Å². The van der Waals surface area contributed by atoms with E-state index in [1.54, 1.807) is 4.90 Å². The Morgan fingerprint density at radius 3 is 2.39 bits per heavy atom. The van der Waals surface area contributed by atoms with Gasteiger partial charge in [0.1, 0.15) is 0 Å². The summed E-state index contributed by atoms with van der Waals surface area (Å²) >= 11 is 0.0766. The number of alkyl halides is 6. The fourth-order valence-corrected chi connectivity index (χ4v) is 4.66. The van der Waals surface area contributed by atoms with Gasteiger partial charge in [0, 0.05) is 70.7 Å². The molecule has 0 bridgehead atoms. The normalized spacial score (nSPS) is 19.8. The van der Waals surface area contributed by atoms with Crippen LogP contribution in [-0.4, -0.2) is 93.8 Å². The predicted octanol–water partition coefficient (Wildman–Crippen LogP) is 3.72. The smallest absolute Gasteiger partial charge is 0.379 e. The van der Waals surface area contributed by atoms with Gasteiger partial charge in [-0.25, -0.2) is 0 Å². The first-order chi connectivity index (χ1) is 16.8. The first-order valence-corrected chi connectivity index (χ1v) is 12.1. The van der Waals surface area contributed by atoms with Gasteiger partial charge < -0.3 is 15.1 Å². The van der Waals surface area contributed by atoms with Crippen molar-refractivity contribution in [2.24, 2.45) is 0 Å². The lowest BCUT2D eigenvalue weighted by molar-refractivity contribution is -0.137. The van der Waals surface area contributed by atoms with E-state index in [1.807, 2.05) is 4.90 Å². The second kappa shape index (κ2) is 11.7. The number of halogens is 6. The average Bonchev–Trinajstić information content (AvgIpc) is 2.82. The Morgan fingerprint density at radius 1 is 1.06 bits per heavy atom. The highest BCUT2D eigenvalue weighted by atomic mass is 32.2. The molecule has 2 saturated heterocycles. The molecule has 1 aromatic rings. The van der Waals surface area contributed by atoms with E-state index in [2.05, 4.69) is 10.3 Å². The molecule has 0 aliphatic carbocycles. The summed E-state index contributed by atoms with van der Waals surface area (Å²) in [5.41, 5.74) is -0.597. The van der Waals surface area contributed by atoms with Crippen LogP contribution in [0.1, 0.15) is 24.8 Å². The molecule has 15 heteroatoms. The molecule has 200 valence electrons. The van der Waals surface area contributed by atoms with E-state index in [0.717, 1.165) is 12.3 Å². The summed E-state index contributed by atoms with van der Waals surface area (Å²) in [5, 5.41) is 16.0. The topological polar surface area (TPSA) is 99.4 Å². The number of hydrogen-bond acceptors (Lipinski definition) is 7. The van der Waals surface area contributed by atoms with Crippen molar-refractivity contribution in [3.8, 4) is 0 Å². The second-order valence-electron chi connectivity index (χ2n) is 8.60. The molecule has 1 amide bonds. The van der Waals surface area contributed by atoms with Gasteiger partial charge in [-0.05, 0) is 30.7 Å². The number of carbonyl (C=O) groups excluding carboxylic acids is 1. The van der Waals surface area contributed by atoms with Crippen LogP contribution >= 0.6 is 11.8 Å². The number of nitrogens with zero attached hydrogens (tertiary/aromatic N) is 4. The van der Waals surface area contributed by atoms with E-state index < -0.39 is 23.0 Å². The number of thioether (sulfide) groups is 1. The number of hydrogen-bond donors (Lipinski definition) is 3. The van der Waals surface area contributed by atoms with Crippen molar-refractivity contribution in [2.45, 2.75) is 37.7 Å². The molecule has 0 saturated carbocycles. The van der Waals surface area contributed by atoms with Crippen LogP contribution < -0.4 is 5.32 Å². The summed E-state index contributed by atoms with van der Waals surface area (Å²) in [6.07, 6.45) is -5.53. The molecule has 2 aliphatic rings. The van der Waals surface area contributed by atoms with Gasteiger partial charge in [-0.3, -0.25) is 25.5 Å². The molecule has 3 N–H and O–H groups in total.